The number of carboxylic acid groups (broad SMARTS) is 1. The molecule has 1 fully saturated rings. The number of nitrogen functional groups attached to an aromatic ring is 1. The lowest BCUT2D eigenvalue weighted by molar-refractivity contribution is -0.161. The van der Waals surface area contributed by atoms with Gasteiger partial charge in [0, 0.05) is 5.38 Å². The third-order valence-corrected chi connectivity index (χ3v) is 6.26. The number of carbonyl (C=O) groups excluding carboxylic acids is 2. The van der Waals surface area contributed by atoms with E-state index in [0.717, 1.165) is 11.3 Å². The van der Waals surface area contributed by atoms with E-state index in [2.05, 4.69) is 31.0 Å². The van der Waals surface area contributed by atoms with Gasteiger partial charge in [0.2, 0.25) is 5.60 Å². The van der Waals surface area contributed by atoms with Gasteiger partial charge < -0.3 is 21.0 Å². The molecule has 0 aromatic carbocycles. The molecule has 0 bridgehead atoms. The van der Waals surface area contributed by atoms with Gasteiger partial charge in [-0.25, -0.2) is 18.8 Å². The number of carbonyl (C=O) groups is 3. The van der Waals surface area contributed by atoms with Gasteiger partial charge in [0.05, 0.1) is 12.6 Å². The number of aliphatic carboxylic acids is 1. The summed E-state index contributed by atoms with van der Waals surface area (Å²) >= 11 is 0.959. The van der Waals surface area contributed by atoms with Crippen molar-refractivity contribution >= 4 is 50.3 Å². The van der Waals surface area contributed by atoms with E-state index < -0.39 is 51.5 Å². The van der Waals surface area contributed by atoms with Crippen molar-refractivity contribution in [2.45, 2.75) is 45.0 Å². The Morgan fingerprint density at radius 3 is 2.59 bits per heavy atom. The average molecular weight is 518 g/mol. The molecule has 184 valence electrons. The fraction of sp³-hybridized carbons (Fsp3) is 0.467. The molecule has 2 unspecified atom stereocenters. The van der Waals surface area contributed by atoms with Crippen LogP contribution >= 0.6 is 11.3 Å². The fourth-order valence-electron chi connectivity index (χ4n) is 2.75. The first kappa shape index (κ1) is 24.9. The van der Waals surface area contributed by atoms with Crippen LogP contribution in [0.5, 0.6) is 0 Å². The number of β-lactam (4-membered cyclic amide) rings is 1. The number of aromatic nitrogens is 5. The van der Waals surface area contributed by atoms with E-state index in [4.69, 9.17) is 10.6 Å². The van der Waals surface area contributed by atoms with Gasteiger partial charge >= 0.3 is 16.3 Å². The topological polar surface area (TPSA) is 245 Å². The van der Waals surface area contributed by atoms with Crippen LogP contribution in [-0.4, -0.2) is 88.8 Å². The van der Waals surface area contributed by atoms with E-state index in [1.54, 1.807) is 0 Å². The lowest BCUT2D eigenvalue weighted by Gasteiger charge is -2.43. The summed E-state index contributed by atoms with van der Waals surface area (Å²) in [7, 11) is -4.95. The molecule has 1 aliphatic rings. The molecule has 2 amide bonds. The van der Waals surface area contributed by atoms with Crippen molar-refractivity contribution in [2.24, 2.45) is 5.16 Å². The van der Waals surface area contributed by atoms with Crippen LogP contribution in [0.15, 0.2) is 10.5 Å². The lowest BCUT2D eigenvalue weighted by Crippen LogP contribution is -2.73. The molecule has 17 nitrogen and oxygen atoms in total. The van der Waals surface area contributed by atoms with Gasteiger partial charge in [-0.15, -0.1) is 16.4 Å². The van der Waals surface area contributed by atoms with Crippen LogP contribution in [0.1, 0.15) is 25.4 Å². The van der Waals surface area contributed by atoms with Crippen molar-refractivity contribution in [2.75, 3.05) is 5.73 Å². The van der Waals surface area contributed by atoms with Crippen LogP contribution < -0.4 is 11.1 Å². The molecule has 0 aliphatic carbocycles. The summed E-state index contributed by atoms with van der Waals surface area (Å²) in [4.78, 5) is 45.6. The first-order chi connectivity index (χ1) is 15.7. The number of nitrogens with two attached hydrogens (primary N) is 1. The molecule has 2 atom stereocenters. The number of hydrogen-bond donors (Lipinski definition) is 4. The third-order valence-electron chi connectivity index (χ3n) is 4.64. The highest BCUT2D eigenvalue weighted by atomic mass is 32.2. The molecule has 0 spiro atoms. The Bertz CT molecular complexity index is 1270. The number of nitrogens with zero attached hydrogens (tertiary/aromatic N) is 7. The zero-order chi connectivity index (χ0) is 25.4. The van der Waals surface area contributed by atoms with Gasteiger partial charge in [-0.3, -0.25) is 14.1 Å². The molecule has 0 radical (unpaired) electrons. The maximum absolute atomic E-state index is 13.0. The molecule has 3 rings (SSSR count). The molecular formula is C15H19N9O8S2. The quantitative estimate of drug-likeness (QED) is 0.119. The Labute approximate surface area is 195 Å². The second kappa shape index (κ2) is 8.91. The first-order valence-electron chi connectivity index (χ1n) is 9.27. The van der Waals surface area contributed by atoms with E-state index in [1.807, 2.05) is 0 Å². The van der Waals surface area contributed by atoms with Crippen LogP contribution in [0.3, 0.4) is 0 Å². The van der Waals surface area contributed by atoms with Gasteiger partial charge in [0.15, 0.2) is 10.8 Å². The monoisotopic (exact) mass is 517 g/mol. The van der Waals surface area contributed by atoms with Gasteiger partial charge in [-0.05, 0) is 31.2 Å². The van der Waals surface area contributed by atoms with Crippen LogP contribution in [0.25, 0.3) is 0 Å². The number of amides is 2. The Kier molecular flexibility index (Phi) is 6.53. The largest absolute Gasteiger partial charge is 0.478 e. The van der Waals surface area contributed by atoms with E-state index in [9.17, 15) is 32.5 Å². The van der Waals surface area contributed by atoms with E-state index >= 15 is 0 Å². The van der Waals surface area contributed by atoms with Crippen LogP contribution in [0, 0.1) is 6.92 Å². The van der Waals surface area contributed by atoms with Gasteiger partial charge in [0.25, 0.3) is 11.8 Å². The predicted octanol–water partition coefficient (Wildman–Crippen LogP) is -2.20. The number of thiazole rings is 1. The average Bonchev–Trinajstić information content (AvgIpc) is 3.32. The normalized spacial score (nSPS) is 19.0. The second-order valence-electron chi connectivity index (χ2n) is 7.46. The maximum atomic E-state index is 13.0. The Balaban J connectivity index is 1.90. The summed E-state index contributed by atoms with van der Waals surface area (Å²) in [5, 5.41) is 27.2. The fourth-order valence-corrected chi connectivity index (χ4v) is 4.16. The third kappa shape index (κ3) is 4.94. The number of anilines is 1. The van der Waals surface area contributed by atoms with Crippen LogP contribution in [0.2, 0.25) is 0 Å². The van der Waals surface area contributed by atoms with Crippen molar-refractivity contribution in [3.63, 3.8) is 0 Å². The summed E-state index contributed by atoms with van der Waals surface area (Å²) in [5.74, 6) is -3.26. The lowest BCUT2D eigenvalue weighted by atomic mass is 9.98. The summed E-state index contributed by atoms with van der Waals surface area (Å²) in [6.07, 6.45) is 0. The Morgan fingerprint density at radius 1 is 1.41 bits per heavy atom. The summed E-state index contributed by atoms with van der Waals surface area (Å²) < 4.78 is 34.1. The molecule has 1 aliphatic heterocycles. The smallest absolute Gasteiger partial charge is 0.362 e. The highest BCUT2D eigenvalue weighted by Gasteiger charge is 2.54. The van der Waals surface area contributed by atoms with Gasteiger partial charge in [0.1, 0.15) is 17.6 Å². The molecule has 5 N–H and O–H groups in total. The predicted molar refractivity (Wildman–Crippen MR) is 113 cm³/mol. The summed E-state index contributed by atoms with van der Waals surface area (Å²) in [6, 6.07) is -2.72. The van der Waals surface area contributed by atoms with E-state index in [0.29, 0.717) is 0 Å². The number of oxime groups is 1. The minimum Gasteiger partial charge on any atom is -0.478 e. The van der Waals surface area contributed by atoms with Crippen LogP contribution in [-0.2, 0) is 36.1 Å². The number of hydrogen-bond acceptors (Lipinski definition) is 13. The minimum absolute atomic E-state index is 0.0669. The highest BCUT2D eigenvalue weighted by Crippen LogP contribution is 2.25. The molecule has 2 aromatic rings. The van der Waals surface area contributed by atoms with Crippen molar-refractivity contribution < 1.29 is 37.3 Å². The molecule has 0 saturated carbocycles. The van der Waals surface area contributed by atoms with Crippen LogP contribution in [0.4, 0.5) is 5.13 Å². The molecule has 2 aromatic heterocycles. The molecule has 1 saturated heterocycles. The maximum Gasteiger partial charge on any atom is 0.362 e. The number of nitrogens with one attached hydrogen (secondary N) is 1. The van der Waals surface area contributed by atoms with E-state index in [-0.39, 0.29) is 27.5 Å². The summed E-state index contributed by atoms with van der Waals surface area (Å²) in [6.45, 7) is 3.61. The summed E-state index contributed by atoms with van der Waals surface area (Å²) in [5.41, 5.74) is 3.18. The SMILES string of the molecule is Cc1nnnn1CC1C(NC(=O)/C(=N\OC(C)(C)C(=O)O)c2csc(N)n2)C(=O)N1S(=O)(=O)O. The molecule has 3 heterocycles. The highest BCUT2D eigenvalue weighted by molar-refractivity contribution is 7.84. The molecular weight excluding hydrogens is 498 g/mol. The Morgan fingerprint density at radius 2 is 2.09 bits per heavy atom. The zero-order valence-corrected chi connectivity index (χ0v) is 19.4. The van der Waals surface area contributed by atoms with Crippen molar-refractivity contribution in [1.82, 2.24) is 34.8 Å². The second-order valence-corrected chi connectivity index (χ2v) is 9.63. The van der Waals surface area contributed by atoms with Crippen molar-refractivity contribution in [3.8, 4) is 0 Å². The van der Waals surface area contributed by atoms with E-state index in [1.165, 1.54) is 30.8 Å². The first-order valence-corrected chi connectivity index (χ1v) is 11.5. The minimum atomic E-state index is -4.95. The van der Waals surface area contributed by atoms with Gasteiger partial charge in [-0.2, -0.15) is 8.42 Å². The van der Waals surface area contributed by atoms with Crippen molar-refractivity contribution in [1.29, 1.82) is 0 Å². The molecule has 34 heavy (non-hydrogen) atoms. The molecule has 19 heteroatoms. The number of rotatable bonds is 9. The van der Waals surface area contributed by atoms with Gasteiger partial charge in [-0.1, -0.05) is 5.16 Å². The number of aryl methyl sites for hydroxylation is 1. The Hall–Kier alpha value is -3.71. The number of carboxylic acids is 1. The number of tetrazole rings is 1. The van der Waals surface area contributed by atoms with Crippen molar-refractivity contribution in [3.05, 3.63) is 16.9 Å². The zero-order valence-electron chi connectivity index (χ0n) is 17.8. The standard InChI is InChI=1S/C15H19N9O8S2/c1-6-19-21-22-23(6)4-8-10(12(26)24(8)34(29,30)31)18-11(25)9(7-5-33-14(16)17-7)20-32-15(2,3)13(27)28/h5,8,10H,4H2,1-3H3,(H2,16,17)(H,18,25)(H,27,28)(H,29,30,31)/b20-9-.